The summed E-state index contributed by atoms with van der Waals surface area (Å²) < 4.78 is 0. The highest BCUT2D eigenvalue weighted by Crippen LogP contribution is 2.19. The average Bonchev–Trinajstić information content (AvgIpc) is 2.16. The Labute approximate surface area is 98.2 Å². The van der Waals surface area contributed by atoms with Crippen molar-refractivity contribution in [2.45, 2.75) is 40.5 Å². The fraction of sp³-hybridized carbons (Fsp3) is 0.400. The predicted octanol–water partition coefficient (Wildman–Crippen LogP) is 3.69. The summed E-state index contributed by atoms with van der Waals surface area (Å²) in [6.45, 7) is 8.46. The van der Waals surface area contributed by atoms with E-state index in [0.29, 0.717) is 0 Å². The molecule has 0 bridgehead atoms. The van der Waals surface area contributed by atoms with Gasteiger partial charge in [-0.1, -0.05) is 23.3 Å². The van der Waals surface area contributed by atoms with Crippen molar-refractivity contribution in [3.8, 4) is 0 Å². The van der Waals surface area contributed by atoms with Crippen LogP contribution < -0.4 is 0 Å². The van der Waals surface area contributed by atoms with Gasteiger partial charge in [0.1, 0.15) is 6.29 Å². The summed E-state index contributed by atoms with van der Waals surface area (Å²) in [5.41, 5.74) is 6.60. The molecule has 0 N–H and O–H groups in total. The van der Waals surface area contributed by atoms with Gasteiger partial charge in [-0.2, -0.15) is 0 Å². The van der Waals surface area contributed by atoms with Gasteiger partial charge in [-0.05, 0) is 63.3 Å². The zero-order chi connectivity index (χ0) is 12.1. The Balaban J connectivity index is 2.82. The van der Waals surface area contributed by atoms with Gasteiger partial charge >= 0.3 is 0 Å². The third kappa shape index (κ3) is 3.34. The molecule has 0 aliphatic carbocycles. The number of allylic oxidation sites excluding steroid dienone is 2. The third-order valence-electron chi connectivity index (χ3n) is 2.96. The second-order valence-corrected chi connectivity index (χ2v) is 4.53. The van der Waals surface area contributed by atoms with Crippen molar-refractivity contribution < 1.29 is 4.79 Å². The van der Waals surface area contributed by atoms with E-state index < -0.39 is 0 Å². The van der Waals surface area contributed by atoms with Crippen molar-refractivity contribution in [1.29, 1.82) is 0 Å². The number of aldehydes is 1. The molecule has 0 aromatic heterocycles. The molecule has 1 aromatic rings. The minimum atomic E-state index is 0.865. The number of hydrogen-bond acceptors (Lipinski definition) is 1. The highest BCUT2D eigenvalue weighted by Gasteiger charge is 2.03. The topological polar surface area (TPSA) is 17.1 Å². The summed E-state index contributed by atoms with van der Waals surface area (Å²) in [6, 6.07) is 4.45. The Bertz CT molecular complexity index is 390. The zero-order valence-corrected chi connectivity index (χ0v) is 10.6. The predicted molar refractivity (Wildman–Crippen MR) is 68.8 cm³/mol. The number of aryl methyl sites for hydroxylation is 3. The average molecular weight is 216 g/mol. The lowest BCUT2D eigenvalue weighted by Gasteiger charge is -2.11. The highest BCUT2D eigenvalue weighted by atomic mass is 16.1. The van der Waals surface area contributed by atoms with Crippen LogP contribution in [0.1, 0.15) is 35.6 Å². The molecule has 0 saturated heterocycles. The lowest BCUT2D eigenvalue weighted by molar-refractivity contribution is -0.104. The Kier molecular flexibility index (Phi) is 4.48. The minimum absolute atomic E-state index is 0.865. The van der Waals surface area contributed by atoms with Gasteiger partial charge in [0.25, 0.3) is 0 Å². The van der Waals surface area contributed by atoms with Crippen LogP contribution in [-0.2, 0) is 11.2 Å². The largest absolute Gasteiger partial charge is 0.299 e. The number of carbonyl (C=O) groups is 1. The number of hydrogen-bond donors (Lipinski definition) is 0. The monoisotopic (exact) mass is 216 g/mol. The fourth-order valence-electron chi connectivity index (χ4n) is 2.13. The number of benzene rings is 1. The van der Waals surface area contributed by atoms with Crippen LogP contribution in [0, 0.1) is 20.8 Å². The first-order valence-electron chi connectivity index (χ1n) is 5.72. The molecular weight excluding hydrogens is 196 g/mol. The molecule has 0 radical (unpaired) electrons. The second-order valence-electron chi connectivity index (χ2n) is 4.53. The third-order valence-corrected chi connectivity index (χ3v) is 2.96. The Morgan fingerprint density at radius 1 is 1.19 bits per heavy atom. The molecule has 1 heteroatoms. The normalized spacial score (nSPS) is 11.6. The smallest absolute Gasteiger partial charge is 0.142 e. The standard InChI is InChI=1S/C15H20O/c1-11(7-8-16)5-6-15-13(3)9-12(2)10-14(15)4/h7-10H,5-6H2,1-4H3/b11-7-. The number of carbonyl (C=O) groups excluding carboxylic acids is 1. The van der Waals surface area contributed by atoms with E-state index in [2.05, 4.69) is 32.9 Å². The van der Waals surface area contributed by atoms with Crippen molar-refractivity contribution >= 4 is 6.29 Å². The molecule has 0 saturated carbocycles. The van der Waals surface area contributed by atoms with E-state index in [1.54, 1.807) is 6.08 Å². The van der Waals surface area contributed by atoms with E-state index >= 15 is 0 Å². The van der Waals surface area contributed by atoms with Crippen LogP contribution in [0.4, 0.5) is 0 Å². The molecule has 1 aromatic carbocycles. The molecule has 86 valence electrons. The minimum Gasteiger partial charge on any atom is -0.299 e. The molecule has 16 heavy (non-hydrogen) atoms. The van der Waals surface area contributed by atoms with Crippen LogP contribution in [0.15, 0.2) is 23.8 Å². The van der Waals surface area contributed by atoms with E-state index in [1.807, 2.05) is 6.92 Å². The lowest BCUT2D eigenvalue weighted by atomic mass is 9.95. The molecule has 1 nitrogen and oxygen atoms in total. The van der Waals surface area contributed by atoms with E-state index in [4.69, 9.17) is 0 Å². The maximum atomic E-state index is 10.3. The molecule has 0 amide bonds. The summed E-state index contributed by atoms with van der Waals surface area (Å²) in [6.07, 6.45) is 4.50. The summed E-state index contributed by atoms with van der Waals surface area (Å²) >= 11 is 0. The molecule has 0 heterocycles. The molecule has 0 atom stereocenters. The zero-order valence-electron chi connectivity index (χ0n) is 10.6. The van der Waals surface area contributed by atoms with Gasteiger partial charge in [-0.25, -0.2) is 0 Å². The first-order chi connectivity index (χ1) is 7.54. The first kappa shape index (κ1) is 12.7. The molecule has 0 spiro atoms. The van der Waals surface area contributed by atoms with E-state index in [9.17, 15) is 4.79 Å². The van der Waals surface area contributed by atoms with Gasteiger partial charge in [-0.3, -0.25) is 4.79 Å². The molecule has 0 fully saturated rings. The van der Waals surface area contributed by atoms with Gasteiger partial charge in [0.2, 0.25) is 0 Å². The van der Waals surface area contributed by atoms with Crippen LogP contribution in [0.25, 0.3) is 0 Å². The molecule has 1 rings (SSSR count). The summed E-state index contributed by atoms with van der Waals surface area (Å²) in [4.78, 5) is 10.3. The van der Waals surface area contributed by atoms with Gasteiger partial charge in [0.15, 0.2) is 0 Å². The van der Waals surface area contributed by atoms with Crippen LogP contribution in [0.2, 0.25) is 0 Å². The van der Waals surface area contributed by atoms with Crippen molar-refractivity contribution in [1.82, 2.24) is 0 Å². The van der Waals surface area contributed by atoms with Crippen molar-refractivity contribution in [3.63, 3.8) is 0 Å². The van der Waals surface area contributed by atoms with Crippen LogP contribution in [0.5, 0.6) is 0 Å². The van der Waals surface area contributed by atoms with Crippen LogP contribution >= 0.6 is 0 Å². The van der Waals surface area contributed by atoms with Crippen molar-refractivity contribution in [3.05, 3.63) is 46.0 Å². The van der Waals surface area contributed by atoms with Crippen LogP contribution in [-0.4, -0.2) is 6.29 Å². The summed E-state index contributed by atoms with van der Waals surface area (Å²) in [7, 11) is 0. The van der Waals surface area contributed by atoms with Crippen molar-refractivity contribution in [2.24, 2.45) is 0 Å². The lowest BCUT2D eigenvalue weighted by Crippen LogP contribution is -1.96. The second kappa shape index (κ2) is 5.64. The Hall–Kier alpha value is -1.37. The quantitative estimate of drug-likeness (QED) is 0.554. The maximum absolute atomic E-state index is 10.3. The number of rotatable bonds is 4. The maximum Gasteiger partial charge on any atom is 0.142 e. The van der Waals surface area contributed by atoms with Gasteiger partial charge in [-0.15, -0.1) is 0 Å². The van der Waals surface area contributed by atoms with E-state index in [1.165, 1.54) is 22.3 Å². The van der Waals surface area contributed by atoms with Gasteiger partial charge < -0.3 is 0 Å². The molecule has 0 aliphatic rings. The Morgan fingerprint density at radius 3 is 2.25 bits per heavy atom. The highest BCUT2D eigenvalue weighted by molar-refractivity contribution is 5.65. The van der Waals surface area contributed by atoms with Gasteiger partial charge in [0.05, 0.1) is 0 Å². The summed E-state index contributed by atoms with van der Waals surface area (Å²) in [5.74, 6) is 0. The Morgan fingerprint density at radius 2 is 1.75 bits per heavy atom. The van der Waals surface area contributed by atoms with Gasteiger partial charge in [0, 0.05) is 0 Å². The molecule has 0 aliphatic heterocycles. The SMILES string of the molecule is C/C(=C/C=O)CCc1c(C)cc(C)cc1C. The van der Waals surface area contributed by atoms with Crippen molar-refractivity contribution in [2.75, 3.05) is 0 Å². The fourth-order valence-corrected chi connectivity index (χ4v) is 2.13. The first-order valence-corrected chi connectivity index (χ1v) is 5.72. The summed E-state index contributed by atoms with van der Waals surface area (Å²) in [5, 5.41) is 0. The van der Waals surface area contributed by atoms with Crippen LogP contribution in [0.3, 0.4) is 0 Å². The van der Waals surface area contributed by atoms with E-state index in [-0.39, 0.29) is 0 Å². The van der Waals surface area contributed by atoms with E-state index in [0.717, 1.165) is 24.7 Å². The molecule has 0 unspecified atom stereocenters. The molecular formula is C15H20O.